The van der Waals surface area contributed by atoms with Gasteiger partial charge in [0.2, 0.25) is 0 Å². The highest BCUT2D eigenvalue weighted by Crippen LogP contribution is 2.19. The zero-order valence-electron chi connectivity index (χ0n) is 17.2. The summed E-state index contributed by atoms with van der Waals surface area (Å²) in [4.78, 5) is 21.4. The maximum absolute atomic E-state index is 12.1. The largest absolute Gasteiger partial charge is 0.466 e. The summed E-state index contributed by atoms with van der Waals surface area (Å²) in [5.41, 5.74) is 2.53. The smallest absolute Gasteiger partial charge is 0.310 e. The fourth-order valence-corrected chi connectivity index (χ4v) is 3.41. The molecule has 1 aromatic carbocycles. The van der Waals surface area contributed by atoms with Crippen molar-refractivity contribution in [2.75, 3.05) is 40.3 Å². The van der Waals surface area contributed by atoms with Crippen LogP contribution in [0.2, 0.25) is 0 Å². The maximum atomic E-state index is 12.1. The number of nitrogens with one attached hydrogen (secondary N) is 1. The predicted octanol–water partition coefficient (Wildman–Crippen LogP) is 2.49. The van der Waals surface area contributed by atoms with Crippen LogP contribution in [0.3, 0.4) is 0 Å². The minimum absolute atomic E-state index is 0.0661. The second-order valence-electron chi connectivity index (χ2n) is 7.21. The molecule has 6 heteroatoms. The second kappa shape index (κ2) is 10.9. The van der Waals surface area contributed by atoms with Gasteiger partial charge in [-0.05, 0) is 51.9 Å². The zero-order valence-corrected chi connectivity index (χ0v) is 17.2. The van der Waals surface area contributed by atoms with Gasteiger partial charge in [-0.15, -0.1) is 0 Å². The van der Waals surface area contributed by atoms with Crippen molar-refractivity contribution < 1.29 is 9.53 Å². The molecule has 6 nitrogen and oxygen atoms in total. The zero-order chi connectivity index (χ0) is 19.6. The molecular formula is C21H34N4O2. The lowest BCUT2D eigenvalue weighted by Crippen LogP contribution is -2.48. The SMILES string of the molecule is CCNC(=NCc1ccccc1CN(C)C)N1CCCC(C(=O)OCC)C1. The summed E-state index contributed by atoms with van der Waals surface area (Å²) in [6, 6.07) is 8.44. The van der Waals surface area contributed by atoms with Crippen molar-refractivity contribution in [2.45, 2.75) is 39.8 Å². The Labute approximate surface area is 163 Å². The summed E-state index contributed by atoms with van der Waals surface area (Å²) in [6.07, 6.45) is 1.87. The lowest BCUT2D eigenvalue weighted by molar-refractivity contribution is -0.149. The number of piperidine rings is 1. The van der Waals surface area contributed by atoms with Gasteiger partial charge in [-0.2, -0.15) is 0 Å². The summed E-state index contributed by atoms with van der Waals surface area (Å²) in [5.74, 6) is 0.726. The van der Waals surface area contributed by atoms with Crippen LogP contribution in [-0.4, -0.2) is 62.1 Å². The Morgan fingerprint density at radius 2 is 2.04 bits per heavy atom. The molecule has 150 valence electrons. The molecule has 0 saturated carbocycles. The first-order valence-electron chi connectivity index (χ1n) is 9.96. The van der Waals surface area contributed by atoms with Crippen LogP contribution in [0.15, 0.2) is 29.3 Å². The van der Waals surface area contributed by atoms with Gasteiger partial charge in [-0.1, -0.05) is 24.3 Å². The topological polar surface area (TPSA) is 57.2 Å². The minimum Gasteiger partial charge on any atom is -0.466 e. The Balaban J connectivity index is 2.11. The number of ether oxygens (including phenoxy) is 1. The standard InChI is InChI=1S/C21H34N4O2/c1-5-22-21(25-13-9-12-19(16-25)20(26)27-6-2)23-14-17-10-7-8-11-18(17)15-24(3)4/h7-8,10-11,19H,5-6,9,12-16H2,1-4H3,(H,22,23). The number of hydrogen-bond donors (Lipinski definition) is 1. The molecule has 1 atom stereocenters. The summed E-state index contributed by atoms with van der Waals surface area (Å²) in [7, 11) is 4.15. The van der Waals surface area contributed by atoms with E-state index in [1.807, 2.05) is 6.92 Å². The monoisotopic (exact) mass is 374 g/mol. The molecule has 0 radical (unpaired) electrons. The van der Waals surface area contributed by atoms with Crippen LogP contribution in [-0.2, 0) is 22.6 Å². The molecule has 2 rings (SSSR count). The molecule has 1 saturated heterocycles. The molecular weight excluding hydrogens is 340 g/mol. The molecule has 1 heterocycles. The van der Waals surface area contributed by atoms with Gasteiger partial charge in [0.25, 0.3) is 0 Å². The van der Waals surface area contributed by atoms with Gasteiger partial charge in [-0.3, -0.25) is 4.79 Å². The number of hydrogen-bond acceptors (Lipinski definition) is 4. The van der Waals surface area contributed by atoms with Crippen molar-refractivity contribution in [3.8, 4) is 0 Å². The van der Waals surface area contributed by atoms with Crippen molar-refractivity contribution in [3.63, 3.8) is 0 Å². The van der Waals surface area contributed by atoms with Gasteiger partial charge in [0, 0.05) is 26.2 Å². The minimum atomic E-state index is -0.0885. The van der Waals surface area contributed by atoms with E-state index in [-0.39, 0.29) is 11.9 Å². The van der Waals surface area contributed by atoms with Crippen molar-refractivity contribution >= 4 is 11.9 Å². The molecule has 0 aromatic heterocycles. The van der Waals surface area contributed by atoms with Gasteiger partial charge in [0.15, 0.2) is 5.96 Å². The van der Waals surface area contributed by atoms with Crippen LogP contribution >= 0.6 is 0 Å². The second-order valence-corrected chi connectivity index (χ2v) is 7.21. The molecule has 1 aliphatic heterocycles. The molecule has 1 fully saturated rings. The van der Waals surface area contributed by atoms with Crippen molar-refractivity contribution in [1.29, 1.82) is 0 Å². The highest BCUT2D eigenvalue weighted by atomic mass is 16.5. The van der Waals surface area contributed by atoms with Crippen LogP contribution in [0.25, 0.3) is 0 Å². The molecule has 0 spiro atoms. The van der Waals surface area contributed by atoms with Gasteiger partial charge >= 0.3 is 5.97 Å². The van der Waals surface area contributed by atoms with Gasteiger partial charge in [0.05, 0.1) is 19.1 Å². The van der Waals surface area contributed by atoms with E-state index in [2.05, 4.69) is 60.4 Å². The number of likely N-dealkylation sites (tertiary alicyclic amines) is 1. The van der Waals surface area contributed by atoms with Gasteiger partial charge < -0.3 is 19.9 Å². The predicted molar refractivity (Wildman–Crippen MR) is 110 cm³/mol. The van der Waals surface area contributed by atoms with E-state index >= 15 is 0 Å². The first kappa shape index (κ1) is 21.2. The molecule has 0 aliphatic carbocycles. The molecule has 0 amide bonds. The Morgan fingerprint density at radius 3 is 2.70 bits per heavy atom. The van der Waals surface area contributed by atoms with Crippen LogP contribution in [0.4, 0.5) is 0 Å². The van der Waals surface area contributed by atoms with E-state index in [4.69, 9.17) is 9.73 Å². The third-order valence-corrected chi connectivity index (χ3v) is 4.68. The Morgan fingerprint density at radius 1 is 1.30 bits per heavy atom. The van der Waals surface area contributed by atoms with Gasteiger partial charge in [-0.25, -0.2) is 4.99 Å². The number of benzene rings is 1. The van der Waals surface area contributed by atoms with Crippen molar-refractivity contribution in [1.82, 2.24) is 15.1 Å². The van der Waals surface area contributed by atoms with Crippen molar-refractivity contribution in [3.05, 3.63) is 35.4 Å². The van der Waals surface area contributed by atoms with Crippen LogP contribution in [0.5, 0.6) is 0 Å². The van der Waals surface area contributed by atoms with E-state index < -0.39 is 0 Å². The summed E-state index contributed by atoms with van der Waals surface area (Å²) >= 11 is 0. The lowest BCUT2D eigenvalue weighted by Gasteiger charge is -2.34. The Kier molecular flexibility index (Phi) is 8.58. The van der Waals surface area contributed by atoms with Crippen LogP contribution < -0.4 is 5.32 Å². The Bertz CT molecular complexity index is 630. The number of rotatable bonds is 7. The highest BCUT2D eigenvalue weighted by molar-refractivity contribution is 5.81. The molecule has 1 aliphatic rings. The number of aliphatic imine (C=N–C) groups is 1. The average molecular weight is 375 g/mol. The number of guanidine groups is 1. The van der Waals surface area contributed by atoms with E-state index in [9.17, 15) is 4.79 Å². The summed E-state index contributed by atoms with van der Waals surface area (Å²) < 4.78 is 5.22. The number of carbonyl (C=O) groups excluding carboxylic acids is 1. The van der Waals surface area contributed by atoms with E-state index in [1.54, 1.807) is 0 Å². The normalized spacial score (nSPS) is 17.9. The van der Waals surface area contributed by atoms with E-state index in [0.29, 0.717) is 19.7 Å². The molecule has 1 N–H and O–H groups in total. The molecule has 27 heavy (non-hydrogen) atoms. The number of nitrogens with zero attached hydrogens (tertiary/aromatic N) is 3. The molecule has 0 bridgehead atoms. The first-order valence-corrected chi connectivity index (χ1v) is 9.96. The third-order valence-electron chi connectivity index (χ3n) is 4.68. The quantitative estimate of drug-likeness (QED) is 0.451. The number of esters is 1. The fraction of sp³-hybridized carbons (Fsp3) is 0.619. The number of carbonyl (C=O) groups is 1. The molecule has 1 unspecified atom stereocenters. The highest BCUT2D eigenvalue weighted by Gasteiger charge is 2.28. The van der Waals surface area contributed by atoms with Crippen LogP contribution in [0, 0.1) is 5.92 Å². The first-order chi connectivity index (χ1) is 13.0. The summed E-state index contributed by atoms with van der Waals surface area (Å²) in [6.45, 7) is 8.29. The van der Waals surface area contributed by atoms with E-state index in [0.717, 1.165) is 38.4 Å². The lowest BCUT2D eigenvalue weighted by atomic mass is 9.98. The van der Waals surface area contributed by atoms with Crippen molar-refractivity contribution in [2.24, 2.45) is 10.9 Å². The fourth-order valence-electron chi connectivity index (χ4n) is 3.41. The maximum Gasteiger partial charge on any atom is 0.310 e. The summed E-state index contributed by atoms with van der Waals surface area (Å²) in [5, 5.41) is 3.39. The molecule has 1 aromatic rings. The third kappa shape index (κ3) is 6.54. The van der Waals surface area contributed by atoms with Crippen LogP contribution in [0.1, 0.15) is 37.8 Å². The average Bonchev–Trinajstić information content (AvgIpc) is 2.66. The van der Waals surface area contributed by atoms with E-state index in [1.165, 1.54) is 11.1 Å². The van der Waals surface area contributed by atoms with Gasteiger partial charge in [0.1, 0.15) is 0 Å². The Hall–Kier alpha value is -2.08.